The number of alkyl halides is 2. The van der Waals surface area contributed by atoms with Crippen LogP contribution in [0.15, 0.2) is 45.3 Å². The average molecular weight is 529 g/mol. The molecule has 192 valence electrons. The molecule has 0 radical (unpaired) electrons. The molecule has 0 unspecified atom stereocenters. The molecule has 10 nitrogen and oxygen atoms in total. The summed E-state index contributed by atoms with van der Waals surface area (Å²) in [7, 11) is 1.06. The second-order valence-electron chi connectivity index (χ2n) is 8.18. The molecule has 3 heterocycles. The van der Waals surface area contributed by atoms with E-state index in [2.05, 4.69) is 20.0 Å². The zero-order valence-corrected chi connectivity index (χ0v) is 19.7. The number of aliphatic carboxylic acids is 1. The van der Waals surface area contributed by atoms with Gasteiger partial charge in [-0.2, -0.15) is 0 Å². The highest BCUT2D eigenvalue weighted by Gasteiger charge is 2.49. The number of hydrogen-bond acceptors (Lipinski definition) is 9. The summed E-state index contributed by atoms with van der Waals surface area (Å²) in [5.41, 5.74) is 0.729. The van der Waals surface area contributed by atoms with Gasteiger partial charge >= 0.3 is 12.1 Å². The number of carbonyl (C=O) groups excluding carboxylic acids is 1. The number of likely N-dealkylation sites (tertiary alicyclic amines) is 1. The van der Waals surface area contributed by atoms with Crippen molar-refractivity contribution in [1.82, 2.24) is 15.2 Å². The highest BCUT2D eigenvalue weighted by molar-refractivity contribution is 6.31. The van der Waals surface area contributed by atoms with Crippen LogP contribution in [0.4, 0.5) is 18.0 Å². The number of carboxylic acids is 1. The first-order valence-electron chi connectivity index (χ1n) is 10.5. The maximum Gasteiger partial charge on any atom is 0.513 e. The molecule has 14 heteroatoms. The van der Waals surface area contributed by atoms with E-state index in [9.17, 15) is 27.9 Å². The maximum atomic E-state index is 14.1. The van der Waals surface area contributed by atoms with Gasteiger partial charge in [-0.05, 0) is 19.1 Å². The van der Waals surface area contributed by atoms with Crippen molar-refractivity contribution in [3.05, 3.63) is 63.9 Å². The number of aliphatic imine (C=N–C) groups is 1. The fourth-order valence-electron chi connectivity index (χ4n) is 3.96. The monoisotopic (exact) mass is 528 g/mol. The zero-order valence-electron chi connectivity index (χ0n) is 18.9. The lowest BCUT2D eigenvalue weighted by molar-refractivity contribution is -0.142. The van der Waals surface area contributed by atoms with Crippen LogP contribution in [0, 0.1) is 12.7 Å². The number of nitrogens with zero attached hydrogens (tertiary/aromatic N) is 3. The first-order chi connectivity index (χ1) is 17.0. The Hall–Kier alpha value is -3.58. The molecule has 0 amide bonds. The summed E-state index contributed by atoms with van der Waals surface area (Å²) in [6.45, 7) is 0.400. The molecule has 2 aliphatic rings. The number of ether oxygens (including phenoxy) is 2. The number of carboxylic acid groups (broad SMARTS) is 1. The summed E-state index contributed by atoms with van der Waals surface area (Å²) in [6, 6.07) is 0.762. The van der Waals surface area contributed by atoms with E-state index in [1.54, 1.807) is 6.92 Å². The third-order valence-corrected chi connectivity index (χ3v) is 5.85. The molecule has 0 bridgehead atoms. The average Bonchev–Trinajstić information content (AvgIpc) is 3.37. The van der Waals surface area contributed by atoms with E-state index < -0.39 is 55.5 Å². The number of aromatic nitrogens is 1. The Bertz CT molecular complexity index is 1260. The highest BCUT2D eigenvalue weighted by Crippen LogP contribution is 2.38. The maximum absolute atomic E-state index is 14.1. The fourth-order valence-corrected chi connectivity index (χ4v) is 4.23. The van der Waals surface area contributed by atoms with Gasteiger partial charge in [0.15, 0.2) is 11.6 Å². The Balaban J connectivity index is 1.84. The number of hydrogen-bond donors (Lipinski definition) is 2. The normalized spacial score (nSPS) is 21.7. The standard InChI is InChI=1S/C22H20ClF3N4O6/c1-10-8-35-19(27-10)18-28-14(7-30-9-22(25,26)6-15(30)20(31)32)17(36-21(33)34-2)16(29-18)12-4-3-11(24)5-13(12)23/h3-5,8,15-16H,6-7,9H2,1-2H3,(H,28,29)(H,31,32)/t15-,16+/m0/s1. The summed E-state index contributed by atoms with van der Waals surface area (Å²) < 4.78 is 57.4. The summed E-state index contributed by atoms with van der Waals surface area (Å²) in [5.74, 6) is -5.48. The molecule has 1 aromatic heterocycles. The van der Waals surface area contributed by atoms with Crippen LogP contribution in [-0.4, -0.2) is 65.1 Å². The Morgan fingerprint density at radius 3 is 2.75 bits per heavy atom. The summed E-state index contributed by atoms with van der Waals surface area (Å²) in [5, 5.41) is 12.3. The minimum atomic E-state index is -3.25. The van der Waals surface area contributed by atoms with Gasteiger partial charge in [-0.1, -0.05) is 17.7 Å². The van der Waals surface area contributed by atoms with E-state index in [0.29, 0.717) is 5.69 Å². The molecule has 2 N–H and O–H groups in total. The Morgan fingerprint density at radius 2 is 2.14 bits per heavy atom. The molecule has 36 heavy (non-hydrogen) atoms. The van der Waals surface area contributed by atoms with Gasteiger partial charge in [-0.15, -0.1) is 0 Å². The molecule has 2 aromatic rings. The van der Waals surface area contributed by atoms with E-state index in [1.165, 1.54) is 12.3 Å². The number of nitrogens with one attached hydrogen (secondary N) is 1. The predicted octanol–water partition coefficient (Wildman–Crippen LogP) is 3.66. The molecule has 0 spiro atoms. The van der Waals surface area contributed by atoms with Gasteiger partial charge in [-0.25, -0.2) is 27.9 Å². The molecule has 0 saturated carbocycles. The van der Waals surface area contributed by atoms with Crippen LogP contribution in [0.25, 0.3) is 0 Å². The molecule has 4 rings (SSSR count). The minimum Gasteiger partial charge on any atom is -0.480 e. The van der Waals surface area contributed by atoms with Crippen LogP contribution in [0.1, 0.15) is 29.6 Å². The summed E-state index contributed by atoms with van der Waals surface area (Å²) in [6.07, 6.45) is -0.694. The van der Waals surface area contributed by atoms with Crippen molar-refractivity contribution in [3.63, 3.8) is 0 Å². The first-order valence-corrected chi connectivity index (χ1v) is 10.9. The van der Waals surface area contributed by atoms with Crippen molar-refractivity contribution in [2.75, 3.05) is 20.2 Å². The van der Waals surface area contributed by atoms with E-state index >= 15 is 0 Å². The van der Waals surface area contributed by atoms with Crippen molar-refractivity contribution in [1.29, 1.82) is 0 Å². The van der Waals surface area contributed by atoms with E-state index in [4.69, 9.17) is 20.8 Å². The van der Waals surface area contributed by atoms with Crippen LogP contribution in [0.5, 0.6) is 0 Å². The number of rotatable bonds is 6. The first kappa shape index (κ1) is 25.5. The lowest BCUT2D eigenvalue weighted by atomic mass is 10.0. The van der Waals surface area contributed by atoms with Crippen molar-refractivity contribution < 1.29 is 41.8 Å². The predicted molar refractivity (Wildman–Crippen MR) is 118 cm³/mol. The topological polar surface area (TPSA) is 126 Å². The molecular weight excluding hydrogens is 509 g/mol. The second kappa shape index (κ2) is 9.82. The fraction of sp³-hybridized carbons (Fsp3) is 0.364. The molecule has 2 atom stereocenters. The Kier molecular flexibility index (Phi) is 6.96. The lowest BCUT2D eigenvalue weighted by Gasteiger charge is -2.30. The van der Waals surface area contributed by atoms with Crippen LogP contribution < -0.4 is 5.32 Å². The SMILES string of the molecule is COC(=O)OC1=C(CN2CC(F)(F)C[C@H]2C(=O)O)NC(c2nc(C)co2)=N[C@@H]1c1ccc(F)cc1Cl. The summed E-state index contributed by atoms with van der Waals surface area (Å²) >= 11 is 6.27. The Morgan fingerprint density at radius 1 is 1.39 bits per heavy atom. The van der Waals surface area contributed by atoms with Crippen LogP contribution >= 0.6 is 11.6 Å². The molecular formula is C22H20ClF3N4O6. The number of amidine groups is 1. The second-order valence-corrected chi connectivity index (χ2v) is 8.59. The van der Waals surface area contributed by atoms with Crippen molar-refractivity contribution in [3.8, 4) is 0 Å². The van der Waals surface area contributed by atoms with E-state index in [-0.39, 0.29) is 33.8 Å². The van der Waals surface area contributed by atoms with Gasteiger partial charge < -0.3 is 24.3 Å². The Labute approximate surface area is 207 Å². The molecule has 1 fully saturated rings. The lowest BCUT2D eigenvalue weighted by Crippen LogP contribution is -2.43. The quantitative estimate of drug-likeness (QED) is 0.540. The third kappa shape index (κ3) is 5.31. The molecule has 2 aliphatic heterocycles. The van der Waals surface area contributed by atoms with Crippen LogP contribution in [0.2, 0.25) is 5.02 Å². The van der Waals surface area contributed by atoms with Gasteiger partial charge in [-0.3, -0.25) is 9.69 Å². The van der Waals surface area contributed by atoms with Gasteiger partial charge in [0, 0.05) is 23.6 Å². The third-order valence-electron chi connectivity index (χ3n) is 5.53. The number of benzene rings is 1. The van der Waals surface area contributed by atoms with Crippen LogP contribution in [-0.2, 0) is 14.3 Å². The molecule has 1 aromatic carbocycles. The molecule has 1 saturated heterocycles. The van der Waals surface area contributed by atoms with Crippen molar-refractivity contribution in [2.24, 2.45) is 4.99 Å². The summed E-state index contributed by atoms with van der Waals surface area (Å²) in [4.78, 5) is 33.5. The van der Waals surface area contributed by atoms with Gasteiger partial charge in [0.2, 0.25) is 0 Å². The van der Waals surface area contributed by atoms with Gasteiger partial charge in [0.05, 0.1) is 25.0 Å². The van der Waals surface area contributed by atoms with E-state index in [0.717, 1.165) is 24.1 Å². The number of halogens is 4. The largest absolute Gasteiger partial charge is 0.513 e. The number of methoxy groups -OCH3 is 1. The van der Waals surface area contributed by atoms with E-state index in [1.807, 2.05) is 0 Å². The smallest absolute Gasteiger partial charge is 0.480 e. The number of oxazole rings is 1. The van der Waals surface area contributed by atoms with Gasteiger partial charge in [0.1, 0.15) is 24.2 Å². The molecule has 0 aliphatic carbocycles. The number of carbonyl (C=O) groups is 2. The minimum absolute atomic E-state index is 0.00981. The van der Waals surface area contributed by atoms with Crippen LogP contribution in [0.3, 0.4) is 0 Å². The van der Waals surface area contributed by atoms with Crippen molar-refractivity contribution in [2.45, 2.75) is 31.4 Å². The zero-order chi connectivity index (χ0) is 26.2. The van der Waals surface area contributed by atoms with Gasteiger partial charge in [0.25, 0.3) is 11.8 Å². The number of aryl methyl sites for hydroxylation is 1. The highest BCUT2D eigenvalue weighted by atomic mass is 35.5. The van der Waals surface area contributed by atoms with Crippen molar-refractivity contribution >= 4 is 29.6 Å².